The Hall–Kier alpha value is -2.54. The van der Waals surface area contributed by atoms with E-state index < -0.39 is 5.82 Å². The molecule has 0 fully saturated rings. The van der Waals surface area contributed by atoms with E-state index in [0.717, 1.165) is 5.56 Å². The number of halogens is 1. The van der Waals surface area contributed by atoms with Crippen LogP contribution in [0.25, 0.3) is 0 Å². The topological polar surface area (TPSA) is 42.2 Å². The summed E-state index contributed by atoms with van der Waals surface area (Å²) in [5.41, 5.74) is 1.54. The number of rotatable bonds is 5. The van der Waals surface area contributed by atoms with Gasteiger partial charge in [-0.15, -0.1) is 0 Å². The summed E-state index contributed by atoms with van der Waals surface area (Å²) in [6, 6.07) is 14.5. The third-order valence-electron chi connectivity index (χ3n) is 2.79. The van der Waals surface area contributed by atoms with Crippen LogP contribution in [0.5, 0.6) is 11.5 Å². The Bertz CT molecular complexity index is 620. The zero-order chi connectivity index (χ0) is 14.4. The van der Waals surface area contributed by atoms with Crippen LogP contribution >= 0.6 is 0 Å². The van der Waals surface area contributed by atoms with Crippen molar-refractivity contribution in [2.24, 2.45) is 0 Å². The number of hydrogen-bond donors (Lipinski definition) is 0. The van der Waals surface area contributed by atoms with Crippen molar-refractivity contribution in [3.8, 4) is 17.6 Å². The summed E-state index contributed by atoms with van der Waals surface area (Å²) >= 11 is 0. The zero-order valence-electron chi connectivity index (χ0n) is 11.1. The molecule has 0 heterocycles. The van der Waals surface area contributed by atoms with Gasteiger partial charge in [0.2, 0.25) is 0 Å². The third kappa shape index (κ3) is 3.27. The second-order valence-corrected chi connectivity index (χ2v) is 4.22. The number of nitrogens with zero attached hydrogens (tertiary/aromatic N) is 1. The van der Waals surface area contributed by atoms with Gasteiger partial charge in [0.05, 0.1) is 19.6 Å². The van der Waals surface area contributed by atoms with Gasteiger partial charge in [-0.2, -0.15) is 5.26 Å². The molecule has 2 rings (SSSR count). The Balaban J connectivity index is 2.23. The summed E-state index contributed by atoms with van der Waals surface area (Å²) in [5, 5.41) is 8.69. The van der Waals surface area contributed by atoms with Crippen molar-refractivity contribution in [2.45, 2.75) is 13.0 Å². The molecule has 0 N–H and O–H groups in total. The van der Waals surface area contributed by atoms with Crippen LogP contribution in [0.1, 0.15) is 11.1 Å². The first-order chi connectivity index (χ1) is 9.74. The Morgan fingerprint density at radius 2 is 1.90 bits per heavy atom. The molecule has 0 bridgehead atoms. The highest BCUT2D eigenvalue weighted by molar-refractivity contribution is 5.45. The van der Waals surface area contributed by atoms with E-state index in [9.17, 15) is 4.39 Å². The molecule has 2 aromatic carbocycles. The molecule has 0 aliphatic carbocycles. The first kappa shape index (κ1) is 13.9. The lowest BCUT2D eigenvalue weighted by molar-refractivity contribution is 0.277. The normalized spacial score (nSPS) is 9.85. The molecular weight excluding hydrogens is 257 g/mol. The van der Waals surface area contributed by atoms with E-state index >= 15 is 0 Å². The van der Waals surface area contributed by atoms with Crippen molar-refractivity contribution in [1.29, 1.82) is 5.26 Å². The van der Waals surface area contributed by atoms with E-state index in [2.05, 4.69) is 0 Å². The van der Waals surface area contributed by atoms with Crippen LogP contribution in [-0.4, -0.2) is 7.11 Å². The summed E-state index contributed by atoms with van der Waals surface area (Å²) in [7, 11) is 1.39. The Labute approximate surface area is 117 Å². The van der Waals surface area contributed by atoms with Gasteiger partial charge in [0.25, 0.3) is 0 Å². The molecule has 0 radical (unpaired) electrons. The van der Waals surface area contributed by atoms with Gasteiger partial charge in [0.15, 0.2) is 17.3 Å². The molecular formula is C16H14FNO2. The van der Waals surface area contributed by atoms with Gasteiger partial charge in [-0.3, -0.25) is 0 Å². The van der Waals surface area contributed by atoms with Crippen LogP contribution in [0, 0.1) is 17.1 Å². The van der Waals surface area contributed by atoms with E-state index in [1.54, 1.807) is 6.07 Å². The lowest BCUT2D eigenvalue weighted by Crippen LogP contribution is -2.00. The first-order valence-corrected chi connectivity index (χ1v) is 6.14. The molecule has 3 nitrogen and oxygen atoms in total. The minimum Gasteiger partial charge on any atom is -0.490 e. The predicted octanol–water partition coefficient (Wildman–Crippen LogP) is 3.48. The van der Waals surface area contributed by atoms with Crippen molar-refractivity contribution >= 4 is 0 Å². The Kier molecular flexibility index (Phi) is 4.56. The minimum atomic E-state index is -0.525. The fraction of sp³-hybridized carbons (Fsp3) is 0.188. The molecule has 0 saturated heterocycles. The summed E-state index contributed by atoms with van der Waals surface area (Å²) in [6.45, 7) is 0.312. The van der Waals surface area contributed by atoms with Crippen LogP contribution in [0.4, 0.5) is 4.39 Å². The maximum absolute atomic E-state index is 13.8. The number of hydrogen-bond acceptors (Lipinski definition) is 3. The lowest BCUT2D eigenvalue weighted by atomic mass is 10.1. The van der Waals surface area contributed by atoms with Crippen LogP contribution in [-0.2, 0) is 13.0 Å². The van der Waals surface area contributed by atoms with Crippen LogP contribution in [0.15, 0.2) is 42.5 Å². The largest absolute Gasteiger partial charge is 0.490 e. The highest BCUT2D eigenvalue weighted by Crippen LogP contribution is 2.32. The molecule has 2 aromatic rings. The van der Waals surface area contributed by atoms with Crippen LogP contribution in [0.3, 0.4) is 0 Å². The molecule has 0 saturated carbocycles. The van der Waals surface area contributed by atoms with Gasteiger partial charge < -0.3 is 9.47 Å². The van der Waals surface area contributed by atoms with Gasteiger partial charge in [-0.25, -0.2) is 4.39 Å². The molecule has 0 spiro atoms. The number of ether oxygens (including phenoxy) is 2. The van der Waals surface area contributed by atoms with Gasteiger partial charge in [0, 0.05) is 0 Å². The predicted molar refractivity (Wildman–Crippen MR) is 73.0 cm³/mol. The summed E-state index contributed by atoms with van der Waals surface area (Å²) in [4.78, 5) is 0. The summed E-state index contributed by atoms with van der Waals surface area (Å²) in [5.74, 6) is -0.160. The molecule has 0 aliphatic heterocycles. The zero-order valence-corrected chi connectivity index (χ0v) is 11.1. The van der Waals surface area contributed by atoms with E-state index in [1.165, 1.54) is 13.2 Å². The highest BCUT2D eigenvalue weighted by atomic mass is 19.1. The molecule has 4 heteroatoms. The molecule has 0 aliphatic rings. The van der Waals surface area contributed by atoms with E-state index in [0.29, 0.717) is 17.9 Å². The number of benzene rings is 2. The average Bonchev–Trinajstić information content (AvgIpc) is 2.46. The number of nitriles is 1. The summed E-state index contributed by atoms with van der Waals surface area (Å²) in [6.07, 6.45) is 0.128. The van der Waals surface area contributed by atoms with E-state index in [1.807, 2.05) is 36.4 Å². The van der Waals surface area contributed by atoms with E-state index in [4.69, 9.17) is 14.7 Å². The molecule has 0 aromatic heterocycles. The molecule has 20 heavy (non-hydrogen) atoms. The van der Waals surface area contributed by atoms with Crippen LogP contribution in [0.2, 0.25) is 0 Å². The fourth-order valence-electron chi connectivity index (χ4n) is 1.86. The van der Waals surface area contributed by atoms with Crippen molar-refractivity contribution in [2.75, 3.05) is 7.11 Å². The monoisotopic (exact) mass is 271 g/mol. The van der Waals surface area contributed by atoms with Crippen molar-refractivity contribution in [1.82, 2.24) is 0 Å². The SMILES string of the molecule is COc1c(F)cc(CC#N)cc1OCc1ccccc1. The van der Waals surface area contributed by atoms with Crippen LogP contribution < -0.4 is 9.47 Å². The maximum atomic E-state index is 13.8. The van der Waals surface area contributed by atoms with Crippen molar-refractivity contribution in [3.05, 3.63) is 59.4 Å². The van der Waals surface area contributed by atoms with Crippen molar-refractivity contribution < 1.29 is 13.9 Å². The highest BCUT2D eigenvalue weighted by Gasteiger charge is 2.13. The second kappa shape index (κ2) is 6.58. The van der Waals surface area contributed by atoms with Gasteiger partial charge in [0.1, 0.15) is 6.61 Å². The number of methoxy groups -OCH3 is 1. The van der Waals surface area contributed by atoms with Gasteiger partial charge in [-0.05, 0) is 23.3 Å². The smallest absolute Gasteiger partial charge is 0.196 e. The fourth-order valence-corrected chi connectivity index (χ4v) is 1.86. The molecule has 0 unspecified atom stereocenters. The quantitative estimate of drug-likeness (QED) is 0.836. The molecule has 102 valence electrons. The second-order valence-electron chi connectivity index (χ2n) is 4.22. The average molecular weight is 271 g/mol. The Morgan fingerprint density at radius 3 is 2.55 bits per heavy atom. The standard InChI is InChI=1S/C16H14FNO2/c1-19-16-14(17)9-13(7-8-18)10-15(16)20-11-12-5-3-2-4-6-12/h2-6,9-10H,7,11H2,1H3. The maximum Gasteiger partial charge on any atom is 0.196 e. The van der Waals surface area contributed by atoms with E-state index in [-0.39, 0.29) is 12.2 Å². The van der Waals surface area contributed by atoms with Crippen molar-refractivity contribution in [3.63, 3.8) is 0 Å². The minimum absolute atomic E-state index is 0.0580. The molecule has 0 atom stereocenters. The van der Waals surface area contributed by atoms with Gasteiger partial charge >= 0.3 is 0 Å². The lowest BCUT2D eigenvalue weighted by Gasteiger charge is -2.12. The summed E-state index contributed by atoms with van der Waals surface area (Å²) < 4.78 is 24.5. The van der Waals surface area contributed by atoms with Gasteiger partial charge in [-0.1, -0.05) is 30.3 Å². The third-order valence-corrected chi connectivity index (χ3v) is 2.79. The Morgan fingerprint density at radius 1 is 1.15 bits per heavy atom. The molecule has 0 amide bonds. The first-order valence-electron chi connectivity index (χ1n) is 6.14.